The van der Waals surface area contributed by atoms with E-state index in [4.69, 9.17) is 16.3 Å². The van der Waals surface area contributed by atoms with Crippen LogP contribution in [0.25, 0.3) is 0 Å². The average molecular weight is 401 g/mol. The molecule has 0 aliphatic carbocycles. The van der Waals surface area contributed by atoms with Crippen LogP contribution >= 0.6 is 23.4 Å². The molecule has 140 valence electrons. The van der Waals surface area contributed by atoms with Gasteiger partial charge in [-0.05, 0) is 47.5 Å². The van der Waals surface area contributed by atoms with Crippen molar-refractivity contribution in [3.63, 3.8) is 0 Å². The van der Waals surface area contributed by atoms with Crippen LogP contribution in [0.5, 0.6) is 5.75 Å². The van der Waals surface area contributed by atoms with Crippen LogP contribution in [-0.2, 0) is 13.0 Å². The van der Waals surface area contributed by atoms with Crippen LogP contribution in [-0.4, -0.2) is 14.9 Å². The van der Waals surface area contributed by atoms with E-state index in [2.05, 4.69) is 11.9 Å². The number of hydrogen-bond donors (Lipinski definition) is 0. The summed E-state index contributed by atoms with van der Waals surface area (Å²) in [5.74, 6) is 0.634. The van der Waals surface area contributed by atoms with Gasteiger partial charge in [0, 0.05) is 24.0 Å². The summed E-state index contributed by atoms with van der Waals surface area (Å²) in [6.45, 7) is 2.72. The number of nitrogens with zero attached hydrogens (tertiary/aromatic N) is 2. The van der Waals surface area contributed by atoms with Gasteiger partial charge in [0.1, 0.15) is 5.75 Å². The summed E-state index contributed by atoms with van der Waals surface area (Å²) in [5, 5.41) is 0.238. The van der Waals surface area contributed by atoms with Gasteiger partial charge in [0.15, 0.2) is 0 Å². The summed E-state index contributed by atoms with van der Waals surface area (Å²) in [7, 11) is 0. The van der Waals surface area contributed by atoms with Crippen molar-refractivity contribution in [1.29, 1.82) is 0 Å². The van der Waals surface area contributed by atoms with Crippen LogP contribution < -0.4 is 4.74 Å². The number of carbonyl (C=O) groups is 1. The molecule has 0 bridgehead atoms. The number of hydrogen-bond acceptors (Lipinski definition) is 4. The van der Waals surface area contributed by atoms with E-state index >= 15 is 0 Å². The topological polar surface area (TPSA) is 44.1 Å². The number of ether oxygens (including phenoxy) is 1. The van der Waals surface area contributed by atoms with Crippen LogP contribution in [0.2, 0.25) is 5.02 Å². The maximum atomic E-state index is 12.6. The Morgan fingerprint density at radius 1 is 1.22 bits per heavy atom. The Balaban J connectivity index is 1.75. The Kier molecular flexibility index (Phi) is 6.96. The van der Waals surface area contributed by atoms with E-state index in [1.807, 2.05) is 59.3 Å². The molecule has 0 fully saturated rings. The molecule has 0 spiro atoms. The van der Waals surface area contributed by atoms with E-state index in [0.29, 0.717) is 17.3 Å². The lowest BCUT2D eigenvalue weighted by atomic mass is 10.1. The summed E-state index contributed by atoms with van der Waals surface area (Å²) in [5.41, 5.74) is 2.06. The second-order valence-electron chi connectivity index (χ2n) is 6.13. The monoisotopic (exact) mass is 400 g/mol. The van der Waals surface area contributed by atoms with Crippen LogP contribution in [0, 0.1) is 0 Å². The number of carbonyl (C=O) groups excluding carboxylic acids is 1. The van der Waals surface area contributed by atoms with Crippen molar-refractivity contribution in [3.05, 3.63) is 83.4 Å². The van der Waals surface area contributed by atoms with Crippen molar-refractivity contribution in [2.75, 3.05) is 0 Å². The second-order valence-corrected chi connectivity index (χ2v) is 7.70. The zero-order valence-electron chi connectivity index (χ0n) is 15.0. The first kappa shape index (κ1) is 19.5. The molecule has 0 amide bonds. The predicted octanol–water partition coefficient (Wildman–Crippen LogP) is 6.16. The number of benzene rings is 2. The Labute approximate surface area is 168 Å². The largest absolute Gasteiger partial charge is 0.418 e. The Morgan fingerprint density at radius 2 is 2.00 bits per heavy atom. The van der Waals surface area contributed by atoms with Gasteiger partial charge in [-0.25, -0.2) is 9.78 Å². The zero-order valence-corrected chi connectivity index (χ0v) is 16.6. The molecule has 1 atom stereocenters. The lowest BCUT2D eigenvalue weighted by molar-refractivity contribution is 0.226. The first-order chi connectivity index (χ1) is 13.2. The highest BCUT2D eigenvalue weighted by Crippen LogP contribution is 2.33. The van der Waals surface area contributed by atoms with Crippen molar-refractivity contribution in [2.24, 2.45) is 0 Å². The van der Waals surface area contributed by atoms with Crippen molar-refractivity contribution < 1.29 is 9.53 Å². The first-order valence-electron chi connectivity index (χ1n) is 8.83. The van der Waals surface area contributed by atoms with E-state index < -0.39 is 0 Å². The van der Waals surface area contributed by atoms with Gasteiger partial charge in [-0.1, -0.05) is 55.3 Å². The highest BCUT2D eigenvalue weighted by molar-refractivity contribution is 8.13. The smallest absolute Gasteiger partial charge is 0.373 e. The molecule has 0 saturated heterocycles. The normalized spacial score (nSPS) is 11.9. The molecule has 3 aromatic rings. The SMILES string of the molecule is CCCc1ccccc1OC(=O)SC(Cn1ccnc1)c1ccc(Cl)cc1. The highest BCUT2D eigenvalue weighted by Gasteiger charge is 2.20. The summed E-state index contributed by atoms with van der Waals surface area (Å²) >= 11 is 7.18. The van der Waals surface area contributed by atoms with Gasteiger partial charge >= 0.3 is 5.30 Å². The number of para-hydroxylation sites is 1. The molecule has 1 heterocycles. The molecular formula is C21H21ClN2O2S. The molecule has 0 radical (unpaired) electrons. The number of aromatic nitrogens is 2. The highest BCUT2D eigenvalue weighted by atomic mass is 35.5. The third kappa shape index (κ3) is 5.62. The fourth-order valence-corrected chi connectivity index (χ4v) is 3.82. The number of halogens is 1. The van der Waals surface area contributed by atoms with Gasteiger partial charge in [-0.3, -0.25) is 0 Å². The van der Waals surface area contributed by atoms with Crippen LogP contribution in [0.3, 0.4) is 0 Å². The molecule has 2 aromatic carbocycles. The summed E-state index contributed by atoms with van der Waals surface area (Å²) in [6, 6.07) is 15.2. The molecule has 1 aromatic heterocycles. The van der Waals surface area contributed by atoms with Crippen molar-refractivity contribution >= 4 is 28.7 Å². The minimum absolute atomic E-state index is 0.109. The average Bonchev–Trinajstić information content (AvgIpc) is 3.17. The standard InChI is InChI=1S/C21H21ClN2O2S/c1-2-5-16-6-3-4-7-19(16)26-21(25)27-20(14-24-13-12-23-15-24)17-8-10-18(22)11-9-17/h3-4,6-13,15,20H,2,5,14H2,1H3. The molecule has 0 saturated carbocycles. The molecule has 0 N–H and O–H groups in total. The van der Waals surface area contributed by atoms with Gasteiger partial charge < -0.3 is 9.30 Å². The van der Waals surface area contributed by atoms with E-state index in [1.54, 1.807) is 12.5 Å². The lowest BCUT2D eigenvalue weighted by Crippen LogP contribution is -2.11. The van der Waals surface area contributed by atoms with Gasteiger partial charge in [0.05, 0.1) is 11.6 Å². The fraction of sp³-hybridized carbons (Fsp3) is 0.238. The molecular weight excluding hydrogens is 380 g/mol. The molecule has 1 unspecified atom stereocenters. The Morgan fingerprint density at radius 3 is 2.70 bits per heavy atom. The molecule has 4 nitrogen and oxygen atoms in total. The number of rotatable bonds is 7. The fourth-order valence-electron chi connectivity index (χ4n) is 2.78. The molecule has 6 heteroatoms. The summed E-state index contributed by atoms with van der Waals surface area (Å²) in [6.07, 6.45) is 7.22. The van der Waals surface area contributed by atoms with E-state index in [9.17, 15) is 4.79 Å². The van der Waals surface area contributed by atoms with Gasteiger partial charge in [0.2, 0.25) is 0 Å². The third-order valence-corrected chi connectivity index (χ3v) is 5.33. The summed E-state index contributed by atoms with van der Waals surface area (Å²) in [4.78, 5) is 16.7. The number of imidazole rings is 1. The van der Waals surface area contributed by atoms with Gasteiger partial charge in [0.25, 0.3) is 0 Å². The summed E-state index contributed by atoms with van der Waals surface area (Å²) < 4.78 is 7.62. The van der Waals surface area contributed by atoms with E-state index in [1.165, 1.54) is 11.8 Å². The van der Waals surface area contributed by atoms with Crippen molar-refractivity contribution in [1.82, 2.24) is 9.55 Å². The van der Waals surface area contributed by atoms with E-state index in [-0.39, 0.29) is 10.6 Å². The molecule has 0 aliphatic rings. The van der Waals surface area contributed by atoms with E-state index in [0.717, 1.165) is 24.0 Å². The van der Waals surface area contributed by atoms with Gasteiger partial charge in [-0.15, -0.1) is 0 Å². The maximum Gasteiger partial charge on any atom is 0.373 e. The van der Waals surface area contributed by atoms with Crippen LogP contribution in [0.15, 0.2) is 67.3 Å². The van der Waals surface area contributed by atoms with Crippen LogP contribution in [0.1, 0.15) is 29.7 Å². The molecule has 27 heavy (non-hydrogen) atoms. The number of aryl methyl sites for hydroxylation is 1. The second kappa shape index (κ2) is 9.62. The van der Waals surface area contributed by atoms with Crippen molar-refractivity contribution in [2.45, 2.75) is 31.6 Å². The predicted molar refractivity (Wildman–Crippen MR) is 110 cm³/mol. The minimum atomic E-state index is -0.321. The lowest BCUT2D eigenvalue weighted by Gasteiger charge is -2.17. The third-order valence-electron chi connectivity index (χ3n) is 4.10. The Hall–Kier alpha value is -2.24. The maximum absolute atomic E-state index is 12.6. The quantitative estimate of drug-likeness (QED) is 0.445. The molecule has 3 rings (SSSR count). The Bertz CT molecular complexity index is 866. The van der Waals surface area contributed by atoms with Crippen molar-refractivity contribution in [3.8, 4) is 5.75 Å². The zero-order chi connectivity index (χ0) is 19.1. The minimum Gasteiger partial charge on any atom is -0.418 e. The van der Waals surface area contributed by atoms with Gasteiger partial charge in [-0.2, -0.15) is 0 Å². The first-order valence-corrected chi connectivity index (χ1v) is 10.1. The van der Waals surface area contributed by atoms with Crippen LogP contribution in [0.4, 0.5) is 4.79 Å². The number of thioether (sulfide) groups is 1. The molecule has 0 aliphatic heterocycles.